The van der Waals surface area contributed by atoms with Crippen molar-refractivity contribution in [3.63, 3.8) is 0 Å². The Balaban J connectivity index is 1.66. The number of benzene rings is 2. The molecule has 0 saturated carbocycles. The molecular weight excluding hydrogens is 481 g/mol. The van der Waals surface area contributed by atoms with E-state index >= 15 is 0 Å². The van der Waals surface area contributed by atoms with E-state index in [1.165, 1.54) is 12.1 Å². The molecule has 0 atom stereocenters. The first kappa shape index (κ1) is 21.6. The van der Waals surface area contributed by atoms with Crippen LogP contribution in [-0.2, 0) is 22.9 Å². The Kier molecular flexibility index (Phi) is 5.44. The standard InChI is InChI=1S/C23H17Cl2N5O2S/c24-15-2-1-3-16(11-15)33(31,32)30-20-12-17-14(10-18(20)25)4-5-19-21(17)22(29-23(26)28-19)13-6-8-27-9-7-13/h1-3,6-12,30H,4-5H2,(H2,26,28,29). The fraction of sp³-hybridized carbons (Fsp3) is 0.0870. The number of hydrogen-bond donors (Lipinski definition) is 2. The Morgan fingerprint density at radius 1 is 0.970 bits per heavy atom. The summed E-state index contributed by atoms with van der Waals surface area (Å²) in [4.78, 5) is 13.1. The number of nitrogens with zero attached hydrogens (tertiary/aromatic N) is 3. The highest BCUT2D eigenvalue weighted by Crippen LogP contribution is 2.42. The third-order valence-corrected chi connectivity index (χ3v) is 7.31. The average molecular weight is 498 g/mol. The smallest absolute Gasteiger partial charge is 0.261 e. The molecule has 2 aromatic carbocycles. The minimum atomic E-state index is -3.91. The number of fused-ring (bicyclic) bond motifs is 3. The molecule has 2 aromatic heterocycles. The lowest BCUT2D eigenvalue weighted by atomic mass is 9.86. The van der Waals surface area contributed by atoms with E-state index in [0.29, 0.717) is 28.6 Å². The summed E-state index contributed by atoms with van der Waals surface area (Å²) in [6.45, 7) is 0. The van der Waals surface area contributed by atoms with Gasteiger partial charge in [0.05, 0.1) is 27.0 Å². The van der Waals surface area contributed by atoms with E-state index in [1.54, 1.807) is 36.7 Å². The van der Waals surface area contributed by atoms with Gasteiger partial charge in [0.1, 0.15) is 0 Å². The third kappa shape index (κ3) is 4.13. The minimum Gasteiger partial charge on any atom is -0.368 e. The molecule has 0 spiro atoms. The van der Waals surface area contributed by atoms with E-state index in [4.69, 9.17) is 28.9 Å². The van der Waals surface area contributed by atoms with E-state index in [-0.39, 0.29) is 16.5 Å². The summed E-state index contributed by atoms with van der Waals surface area (Å²) in [7, 11) is -3.91. The van der Waals surface area contributed by atoms with Crippen LogP contribution >= 0.6 is 23.2 Å². The number of nitrogens with two attached hydrogens (primary N) is 1. The van der Waals surface area contributed by atoms with Gasteiger partial charge in [-0.1, -0.05) is 29.3 Å². The van der Waals surface area contributed by atoms with Crippen LogP contribution in [0.5, 0.6) is 0 Å². The number of aryl methyl sites for hydroxylation is 2. The summed E-state index contributed by atoms with van der Waals surface area (Å²) in [5.41, 5.74) is 11.1. The molecule has 10 heteroatoms. The molecule has 0 radical (unpaired) electrons. The summed E-state index contributed by atoms with van der Waals surface area (Å²) in [5.74, 6) is 0.180. The van der Waals surface area contributed by atoms with E-state index in [1.807, 2.05) is 12.1 Å². The molecule has 0 bridgehead atoms. The second kappa shape index (κ2) is 8.30. The summed E-state index contributed by atoms with van der Waals surface area (Å²) < 4.78 is 28.5. The Hall–Kier alpha value is -3.20. The van der Waals surface area contributed by atoms with Gasteiger partial charge in [-0.2, -0.15) is 0 Å². The maximum absolute atomic E-state index is 13.0. The summed E-state index contributed by atoms with van der Waals surface area (Å²) >= 11 is 12.5. The molecule has 0 fully saturated rings. The zero-order chi connectivity index (χ0) is 23.2. The van der Waals surface area contributed by atoms with Crippen LogP contribution in [0.1, 0.15) is 11.3 Å². The normalized spacial score (nSPS) is 12.7. The Morgan fingerprint density at radius 2 is 1.76 bits per heavy atom. The number of hydrogen-bond acceptors (Lipinski definition) is 6. The van der Waals surface area contributed by atoms with E-state index in [0.717, 1.165) is 27.9 Å². The third-order valence-electron chi connectivity index (χ3n) is 5.40. The van der Waals surface area contributed by atoms with Crippen LogP contribution in [0.4, 0.5) is 11.6 Å². The van der Waals surface area contributed by atoms with Gasteiger partial charge in [-0.05, 0) is 66.4 Å². The Bertz CT molecular complexity index is 1490. The second-order valence-corrected chi connectivity index (χ2v) is 10.1. The van der Waals surface area contributed by atoms with Crippen molar-refractivity contribution in [2.24, 2.45) is 0 Å². The van der Waals surface area contributed by atoms with Crippen LogP contribution in [0, 0.1) is 0 Å². The second-order valence-electron chi connectivity index (χ2n) is 7.54. The van der Waals surface area contributed by atoms with Gasteiger partial charge in [-0.25, -0.2) is 18.4 Å². The molecule has 0 unspecified atom stereocenters. The monoisotopic (exact) mass is 497 g/mol. The molecule has 1 aliphatic carbocycles. The number of rotatable bonds is 4. The number of pyridine rings is 1. The molecular formula is C23H17Cl2N5O2S. The van der Waals surface area contributed by atoms with Crippen LogP contribution in [-0.4, -0.2) is 23.4 Å². The number of nitrogen functional groups attached to an aromatic ring is 1. The molecule has 0 aliphatic heterocycles. The first-order valence-electron chi connectivity index (χ1n) is 10.00. The molecule has 2 heterocycles. The average Bonchev–Trinajstić information content (AvgIpc) is 2.79. The van der Waals surface area contributed by atoms with Gasteiger partial charge in [-0.15, -0.1) is 0 Å². The fourth-order valence-corrected chi connectivity index (χ4v) is 5.59. The molecule has 166 valence electrons. The molecule has 0 saturated heterocycles. The summed E-state index contributed by atoms with van der Waals surface area (Å²) in [6, 6.07) is 13.2. The van der Waals surface area contributed by atoms with Crippen LogP contribution in [0.15, 0.2) is 65.8 Å². The van der Waals surface area contributed by atoms with Crippen molar-refractivity contribution in [1.29, 1.82) is 0 Å². The van der Waals surface area contributed by atoms with Crippen molar-refractivity contribution in [3.05, 3.63) is 82.2 Å². The Labute approximate surface area is 200 Å². The fourth-order valence-electron chi connectivity index (χ4n) is 3.93. The predicted octanol–water partition coefficient (Wildman–Crippen LogP) is 4.99. The van der Waals surface area contributed by atoms with Crippen molar-refractivity contribution in [2.45, 2.75) is 17.7 Å². The van der Waals surface area contributed by atoms with Crippen LogP contribution in [0.2, 0.25) is 10.0 Å². The molecule has 3 N–H and O–H groups in total. The first-order chi connectivity index (χ1) is 15.8. The zero-order valence-corrected chi connectivity index (χ0v) is 19.4. The Morgan fingerprint density at radius 3 is 2.52 bits per heavy atom. The highest BCUT2D eigenvalue weighted by molar-refractivity contribution is 7.92. The predicted molar refractivity (Wildman–Crippen MR) is 130 cm³/mol. The minimum absolute atomic E-state index is 0.0396. The van der Waals surface area contributed by atoms with E-state index < -0.39 is 10.0 Å². The number of halogens is 2. The molecule has 0 amide bonds. The molecule has 7 nitrogen and oxygen atoms in total. The quantitative estimate of drug-likeness (QED) is 0.410. The highest BCUT2D eigenvalue weighted by atomic mass is 35.5. The van der Waals surface area contributed by atoms with Crippen molar-refractivity contribution in [1.82, 2.24) is 15.0 Å². The van der Waals surface area contributed by atoms with Crippen molar-refractivity contribution in [3.8, 4) is 22.4 Å². The number of anilines is 2. The van der Waals surface area contributed by atoms with Crippen LogP contribution < -0.4 is 10.5 Å². The summed E-state index contributed by atoms with van der Waals surface area (Å²) in [5, 5.41) is 0.615. The van der Waals surface area contributed by atoms with Crippen LogP contribution in [0.25, 0.3) is 22.4 Å². The van der Waals surface area contributed by atoms with Crippen molar-refractivity contribution in [2.75, 3.05) is 10.5 Å². The lowest BCUT2D eigenvalue weighted by molar-refractivity contribution is 0.601. The largest absolute Gasteiger partial charge is 0.368 e. The number of nitrogens with one attached hydrogen (secondary N) is 1. The maximum atomic E-state index is 13.0. The number of aromatic nitrogens is 3. The molecule has 33 heavy (non-hydrogen) atoms. The lowest BCUT2D eigenvalue weighted by Crippen LogP contribution is -2.15. The van der Waals surface area contributed by atoms with Crippen molar-refractivity contribution < 1.29 is 8.42 Å². The van der Waals surface area contributed by atoms with Gasteiger partial charge in [0.2, 0.25) is 5.95 Å². The van der Waals surface area contributed by atoms with E-state index in [2.05, 4.69) is 19.7 Å². The highest BCUT2D eigenvalue weighted by Gasteiger charge is 2.26. The van der Waals surface area contributed by atoms with E-state index in [9.17, 15) is 8.42 Å². The van der Waals surface area contributed by atoms with Gasteiger partial charge in [-0.3, -0.25) is 9.71 Å². The van der Waals surface area contributed by atoms with Gasteiger partial charge in [0.25, 0.3) is 10.0 Å². The molecule has 1 aliphatic rings. The zero-order valence-electron chi connectivity index (χ0n) is 17.1. The van der Waals surface area contributed by atoms with Crippen molar-refractivity contribution >= 4 is 44.9 Å². The van der Waals surface area contributed by atoms with Gasteiger partial charge in [0, 0.05) is 28.5 Å². The van der Waals surface area contributed by atoms with Gasteiger partial charge in [0.15, 0.2) is 0 Å². The lowest BCUT2D eigenvalue weighted by Gasteiger charge is -2.23. The topological polar surface area (TPSA) is 111 Å². The van der Waals surface area contributed by atoms with Gasteiger partial charge >= 0.3 is 0 Å². The molecule has 5 rings (SSSR count). The summed E-state index contributed by atoms with van der Waals surface area (Å²) in [6.07, 6.45) is 4.71. The van der Waals surface area contributed by atoms with Gasteiger partial charge < -0.3 is 5.73 Å². The molecule has 4 aromatic rings. The SMILES string of the molecule is Nc1nc2c(c(-c3ccncc3)n1)-c1cc(NS(=O)(=O)c3cccc(Cl)c3)c(Cl)cc1CC2. The maximum Gasteiger partial charge on any atom is 0.261 e. The first-order valence-corrected chi connectivity index (χ1v) is 12.2. The van der Waals surface area contributed by atoms with Crippen LogP contribution in [0.3, 0.4) is 0 Å². The number of sulfonamides is 1.